The van der Waals surface area contributed by atoms with E-state index in [2.05, 4.69) is 19.2 Å². The van der Waals surface area contributed by atoms with Gasteiger partial charge in [-0.15, -0.1) is 0 Å². The predicted molar refractivity (Wildman–Crippen MR) is 71.2 cm³/mol. The van der Waals surface area contributed by atoms with Gasteiger partial charge in [0, 0.05) is 13.2 Å². The number of rotatable bonds is 3. The zero-order valence-corrected chi connectivity index (χ0v) is 11.6. The summed E-state index contributed by atoms with van der Waals surface area (Å²) in [6.07, 6.45) is 5.95. The van der Waals surface area contributed by atoms with Crippen molar-refractivity contribution in [3.05, 3.63) is 0 Å². The lowest BCUT2D eigenvalue weighted by Gasteiger charge is -2.36. The van der Waals surface area contributed by atoms with Crippen LogP contribution in [0.5, 0.6) is 0 Å². The van der Waals surface area contributed by atoms with Gasteiger partial charge in [-0.1, -0.05) is 19.8 Å². The third kappa shape index (κ3) is 3.04. The maximum atomic E-state index is 12.3. The smallest absolute Gasteiger partial charge is 0.240 e. The Kier molecular flexibility index (Phi) is 3.97. The van der Waals surface area contributed by atoms with E-state index < -0.39 is 5.54 Å². The number of carbonyl (C=O) groups excluding carboxylic acids is 1. The van der Waals surface area contributed by atoms with E-state index in [9.17, 15) is 4.79 Å². The number of ether oxygens (including phenoxy) is 1. The quantitative estimate of drug-likeness (QED) is 0.803. The molecule has 1 heterocycles. The van der Waals surface area contributed by atoms with Crippen molar-refractivity contribution < 1.29 is 9.53 Å². The standard InChI is InChI=1S/C14H26N2O2/c1-11-5-3-7-14(15,9-11)12(17)16-10-13(2)6-4-8-18-13/h11H,3-10,15H2,1-2H3,(H,16,17). The Morgan fingerprint density at radius 2 is 2.22 bits per heavy atom. The molecule has 1 saturated heterocycles. The summed E-state index contributed by atoms with van der Waals surface area (Å²) in [7, 11) is 0. The fourth-order valence-electron chi connectivity index (χ4n) is 3.22. The fourth-order valence-corrected chi connectivity index (χ4v) is 3.22. The first-order valence-corrected chi connectivity index (χ1v) is 7.15. The molecule has 1 amide bonds. The molecular formula is C14H26N2O2. The molecule has 4 heteroatoms. The molecule has 0 radical (unpaired) electrons. The third-order valence-corrected chi connectivity index (χ3v) is 4.41. The third-order valence-electron chi connectivity index (χ3n) is 4.41. The summed E-state index contributed by atoms with van der Waals surface area (Å²) < 4.78 is 5.68. The first-order valence-electron chi connectivity index (χ1n) is 7.15. The Balaban J connectivity index is 1.87. The van der Waals surface area contributed by atoms with Gasteiger partial charge in [-0.05, 0) is 38.5 Å². The summed E-state index contributed by atoms with van der Waals surface area (Å²) in [4.78, 5) is 12.3. The van der Waals surface area contributed by atoms with Gasteiger partial charge in [0.05, 0.1) is 11.1 Å². The van der Waals surface area contributed by atoms with Gasteiger partial charge in [-0.2, -0.15) is 0 Å². The van der Waals surface area contributed by atoms with Crippen LogP contribution in [0.25, 0.3) is 0 Å². The highest BCUT2D eigenvalue weighted by molar-refractivity contribution is 5.86. The zero-order valence-electron chi connectivity index (χ0n) is 11.6. The van der Waals surface area contributed by atoms with Crippen LogP contribution in [0.15, 0.2) is 0 Å². The number of amides is 1. The van der Waals surface area contributed by atoms with Crippen LogP contribution in [0.1, 0.15) is 52.4 Å². The number of hydrogen-bond acceptors (Lipinski definition) is 3. The van der Waals surface area contributed by atoms with Gasteiger partial charge < -0.3 is 15.8 Å². The Hall–Kier alpha value is -0.610. The van der Waals surface area contributed by atoms with E-state index in [0.717, 1.165) is 38.7 Å². The highest BCUT2D eigenvalue weighted by atomic mass is 16.5. The van der Waals surface area contributed by atoms with E-state index in [1.54, 1.807) is 0 Å². The Labute approximate surface area is 110 Å². The Morgan fingerprint density at radius 1 is 1.44 bits per heavy atom. The summed E-state index contributed by atoms with van der Waals surface area (Å²) >= 11 is 0. The number of carbonyl (C=O) groups is 1. The van der Waals surface area contributed by atoms with Crippen molar-refractivity contribution in [2.75, 3.05) is 13.2 Å². The molecule has 3 unspecified atom stereocenters. The van der Waals surface area contributed by atoms with Crippen LogP contribution in [0.4, 0.5) is 0 Å². The largest absolute Gasteiger partial charge is 0.373 e. The van der Waals surface area contributed by atoms with Crippen molar-refractivity contribution >= 4 is 5.91 Å². The molecular weight excluding hydrogens is 228 g/mol. The van der Waals surface area contributed by atoms with Crippen LogP contribution >= 0.6 is 0 Å². The molecule has 4 nitrogen and oxygen atoms in total. The molecule has 0 aromatic rings. The molecule has 3 N–H and O–H groups in total. The van der Waals surface area contributed by atoms with Crippen molar-refractivity contribution in [2.24, 2.45) is 11.7 Å². The van der Waals surface area contributed by atoms with Crippen molar-refractivity contribution in [2.45, 2.75) is 63.5 Å². The molecule has 0 aromatic heterocycles. The van der Waals surface area contributed by atoms with E-state index in [0.29, 0.717) is 12.5 Å². The van der Waals surface area contributed by atoms with Gasteiger partial charge in [0.15, 0.2) is 0 Å². The van der Waals surface area contributed by atoms with E-state index in [-0.39, 0.29) is 11.5 Å². The molecule has 18 heavy (non-hydrogen) atoms. The van der Waals surface area contributed by atoms with Gasteiger partial charge in [0.2, 0.25) is 5.91 Å². The van der Waals surface area contributed by atoms with Crippen LogP contribution in [0.3, 0.4) is 0 Å². The summed E-state index contributed by atoms with van der Waals surface area (Å²) in [5.74, 6) is 0.554. The lowest BCUT2D eigenvalue weighted by molar-refractivity contribution is -0.129. The minimum atomic E-state index is -0.660. The average Bonchev–Trinajstić information content (AvgIpc) is 2.73. The minimum absolute atomic E-state index is 0.00535. The topological polar surface area (TPSA) is 64.4 Å². The van der Waals surface area contributed by atoms with Crippen LogP contribution in [-0.2, 0) is 9.53 Å². The van der Waals surface area contributed by atoms with Crippen LogP contribution in [0, 0.1) is 5.92 Å². The molecule has 2 rings (SSSR count). The lowest BCUT2D eigenvalue weighted by atomic mass is 9.76. The second-order valence-electron chi connectivity index (χ2n) is 6.44. The maximum absolute atomic E-state index is 12.3. The van der Waals surface area contributed by atoms with E-state index in [1.165, 1.54) is 6.42 Å². The van der Waals surface area contributed by atoms with Gasteiger partial charge in [-0.3, -0.25) is 4.79 Å². The molecule has 2 fully saturated rings. The van der Waals surface area contributed by atoms with Crippen LogP contribution < -0.4 is 11.1 Å². The molecule has 3 atom stereocenters. The lowest BCUT2D eigenvalue weighted by Crippen LogP contribution is -2.58. The highest BCUT2D eigenvalue weighted by Crippen LogP contribution is 2.31. The molecule has 1 aliphatic carbocycles. The second kappa shape index (κ2) is 5.17. The molecule has 104 valence electrons. The fraction of sp³-hybridized carbons (Fsp3) is 0.929. The second-order valence-corrected chi connectivity index (χ2v) is 6.44. The average molecular weight is 254 g/mol. The number of nitrogens with two attached hydrogens (primary N) is 1. The zero-order chi connectivity index (χ0) is 13.2. The van der Waals surface area contributed by atoms with Gasteiger partial charge >= 0.3 is 0 Å². The number of nitrogens with one attached hydrogen (secondary N) is 1. The van der Waals surface area contributed by atoms with E-state index >= 15 is 0 Å². The Morgan fingerprint density at radius 3 is 2.83 bits per heavy atom. The number of hydrogen-bond donors (Lipinski definition) is 2. The van der Waals surface area contributed by atoms with Gasteiger partial charge in [0.25, 0.3) is 0 Å². The SMILES string of the molecule is CC1CCCC(N)(C(=O)NCC2(C)CCCO2)C1. The minimum Gasteiger partial charge on any atom is -0.373 e. The predicted octanol–water partition coefficient (Wildman–Crippen LogP) is 1.58. The van der Waals surface area contributed by atoms with Crippen molar-refractivity contribution in [3.8, 4) is 0 Å². The van der Waals surface area contributed by atoms with Crippen LogP contribution in [0.2, 0.25) is 0 Å². The summed E-state index contributed by atoms with van der Waals surface area (Å²) in [6, 6.07) is 0. The summed E-state index contributed by atoms with van der Waals surface area (Å²) in [5.41, 5.74) is 5.42. The van der Waals surface area contributed by atoms with E-state index in [4.69, 9.17) is 10.5 Å². The maximum Gasteiger partial charge on any atom is 0.240 e. The van der Waals surface area contributed by atoms with Crippen LogP contribution in [-0.4, -0.2) is 30.2 Å². The van der Waals surface area contributed by atoms with E-state index in [1.807, 2.05) is 0 Å². The molecule has 0 spiro atoms. The molecule has 0 aromatic carbocycles. The summed E-state index contributed by atoms with van der Waals surface area (Å²) in [5, 5.41) is 3.01. The normalized spacial score (nSPS) is 40.7. The van der Waals surface area contributed by atoms with Gasteiger partial charge in [0.1, 0.15) is 0 Å². The van der Waals surface area contributed by atoms with Gasteiger partial charge in [-0.25, -0.2) is 0 Å². The first-order chi connectivity index (χ1) is 8.44. The Bertz CT molecular complexity index is 313. The van der Waals surface area contributed by atoms with Crippen molar-refractivity contribution in [3.63, 3.8) is 0 Å². The van der Waals surface area contributed by atoms with Crippen molar-refractivity contribution in [1.29, 1.82) is 0 Å². The van der Waals surface area contributed by atoms with Crippen molar-refractivity contribution in [1.82, 2.24) is 5.32 Å². The highest BCUT2D eigenvalue weighted by Gasteiger charge is 2.39. The summed E-state index contributed by atoms with van der Waals surface area (Å²) in [6.45, 7) is 5.62. The molecule has 1 aliphatic heterocycles. The molecule has 1 saturated carbocycles. The molecule has 0 bridgehead atoms. The monoisotopic (exact) mass is 254 g/mol. The molecule has 2 aliphatic rings. The first kappa shape index (κ1) is 13.8.